The van der Waals surface area contributed by atoms with Crippen LogP contribution in [0, 0.1) is 6.92 Å². The Hall–Kier alpha value is -3.65. The van der Waals surface area contributed by atoms with Crippen molar-refractivity contribution in [3.8, 4) is 0 Å². The number of nitrogens with zero attached hydrogens (tertiary/aromatic N) is 4. The van der Waals surface area contributed by atoms with Crippen molar-refractivity contribution >= 4 is 34.3 Å². The van der Waals surface area contributed by atoms with Crippen LogP contribution in [-0.4, -0.2) is 72.9 Å². The van der Waals surface area contributed by atoms with Crippen LogP contribution in [0.15, 0.2) is 54.7 Å². The highest BCUT2D eigenvalue weighted by Crippen LogP contribution is 2.33. The molecule has 206 valence electrons. The largest absolute Gasteiger partial charge is 0.444 e. The first-order valence-electron chi connectivity index (χ1n) is 13.8. The van der Waals surface area contributed by atoms with Crippen molar-refractivity contribution in [1.29, 1.82) is 0 Å². The molecule has 2 fully saturated rings. The molecule has 2 amide bonds. The van der Waals surface area contributed by atoms with Gasteiger partial charge in [-0.05, 0) is 81.8 Å². The average molecular weight is 531 g/mol. The maximum atomic E-state index is 14.3. The zero-order valence-electron chi connectivity index (χ0n) is 23.4. The van der Waals surface area contributed by atoms with Gasteiger partial charge in [0.2, 0.25) is 0 Å². The number of pyridine rings is 1. The van der Waals surface area contributed by atoms with Crippen molar-refractivity contribution in [2.75, 3.05) is 49.2 Å². The van der Waals surface area contributed by atoms with E-state index in [9.17, 15) is 9.59 Å². The summed E-state index contributed by atoms with van der Waals surface area (Å²) >= 11 is 0. The van der Waals surface area contributed by atoms with E-state index in [1.165, 1.54) is 0 Å². The van der Waals surface area contributed by atoms with Crippen LogP contribution < -0.4 is 9.80 Å². The maximum absolute atomic E-state index is 14.3. The lowest BCUT2D eigenvalue weighted by Gasteiger charge is -2.39. The van der Waals surface area contributed by atoms with Crippen LogP contribution in [-0.2, 0) is 9.47 Å². The molecule has 5 rings (SSSR count). The number of hydrogen-bond donors (Lipinski definition) is 0. The summed E-state index contributed by atoms with van der Waals surface area (Å²) in [4.78, 5) is 37.9. The zero-order valence-corrected chi connectivity index (χ0v) is 23.4. The van der Waals surface area contributed by atoms with Crippen LogP contribution in [0.4, 0.5) is 16.3 Å². The minimum Gasteiger partial charge on any atom is -0.444 e. The summed E-state index contributed by atoms with van der Waals surface area (Å²) in [7, 11) is 0. The minimum atomic E-state index is -0.587. The number of morpholine rings is 1. The fourth-order valence-corrected chi connectivity index (χ4v) is 5.44. The van der Waals surface area contributed by atoms with Gasteiger partial charge in [-0.1, -0.05) is 18.2 Å². The third kappa shape index (κ3) is 6.01. The summed E-state index contributed by atoms with van der Waals surface area (Å²) in [6, 6.07) is 15.6. The third-order valence-corrected chi connectivity index (χ3v) is 7.33. The molecular formula is C31H38N4O4. The Morgan fingerprint density at radius 2 is 1.77 bits per heavy atom. The second-order valence-corrected chi connectivity index (χ2v) is 11.4. The number of likely N-dealkylation sites (tertiary alicyclic amines) is 1. The predicted octanol–water partition coefficient (Wildman–Crippen LogP) is 5.43. The van der Waals surface area contributed by atoms with Crippen molar-refractivity contribution in [2.45, 2.75) is 52.2 Å². The van der Waals surface area contributed by atoms with Crippen molar-refractivity contribution in [3.05, 3.63) is 65.9 Å². The molecule has 2 aliphatic rings. The van der Waals surface area contributed by atoms with Crippen LogP contribution >= 0.6 is 0 Å². The SMILES string of the molecule is Cc1cccc2ccnc(N(C(=O)c3ccc(N4CCOCC4)cc3)[C@@H]3CCCN(C(=O)OC(C)(C)C)C3)c12. The highest BCUT2D eigenvalue weighted by atomic mass is 16.6. The molecule has 1 atom stereocenters. The van der Waals surface area contributed by atoms with E-state index in [-0.39, 0.29) is 18.0 Å². The molecule has 0 bridgehead atoms. The zero-order chi connectivity index (χ0) is 27.6. The number of aryl methyl sites for hydroxylation is 1. The molecule has 0 N–H and O–H groups in total. The fraction of sp³-hybridized carbons (Fsp3) is 0.452. The number of carbonyl (C=O) groups is 2. The molecule has 39 heavy (non-hydrogen) atoms. The molecule has 3 aromatic rings. The first kappa shape index (κ1) is 26.9. The first-order chi connectivity index (χ1) is 18.7. The number of hydrogen-bond acceptors (Lipinski definition) is 6. The van der Waals surface area contributed by atoms with Crippen LogP contribution in [0.25, 0.3) is 10.8 Å². The smallest absolute Gasteiger partial charge is 0.410 e. The van der Waals surface area contributed by atoms with Crippen molar-refractivity contribution in [3.63, 3.8) is 0 Å². The van der Waals surface area contributed by atoms with Gasteiger partial charge in [-0.25, -0.2) is 9.78 Å². The number of amides is 2. The lowest BCUT2D eigenvalue weighted by atomic mass is 10.00. The van der Waals surface area contributed by atoms with Gasteiger partial charge >= 0.3 is 6.09 Å². The van der Waals surface area contributed by atoms with E-state index in [1.54, 1.807) is 11.1 Å². The number of fused-ring (bicyclic) bond motifs is 1. The molecule has 8 heteroatoms. The Morgan fingerprint density at radius 1 is 1.03 bits per heavy atom. The van der Waals surface area contributed by atoms with E-state index < -0.39 is 5.60 Å². The predicted molar refractivity (Wildman–Crippen MR) is 154 cm³/mol. The normalized spacial score (nSPS) is 18.2. The van der Waals surface area contributed by atoms with Gasteiger partial charge in [0.15, 0.2) is 0 Å². The highest BCUT2D eigenvalue weighted by Gasteiger charge is 2.35. The van der Waals surface area contributed by atoms with E-state index >= 15 is 0 Å². The third-order valence-electron chi connectivity index (χ3n) is 7.33. The Morgan fingerprint density at radius 3 is 2.49 bits per heavy atom. The number of benzene rings is 2. The van der Waals surface area contributed by atoms with E-state index in [4.69, 9.17) is 14.5 Å². The van der Waals surface area contributed by atoms with E-state index in [2.05, 4.69) is 4.90 Å². The fourth-order valence-electron chi connectivity index (χ4n) is 5.44. The minimum absolute atomic E-state index is 0.122. The van der Waals surface area contributed by atoms with Gasteiger partial charge in [-0.3, -0.25) is 9.69 Å². The number of aromatic nitrogens is 1. The molecule has 0 unspecified atom stereocenters. The van der Waals surface area contributed by atoms with Gasteiger partial charge in [-0.2, -0.15) is 0 Å². The summed E-state index contributed by atoms with van der Waals surface area (Å²) in [6.45, 7) is 11.7. The van der Waals surface area contributed by atoms with Gasteiger partial charge < -0.3 is 19.3 Å². The van der Waals surface area contributed by atoms with E-state index in [1.807, 2.05) is 81.1 Å². The molecule has 3 heterocycles. The van der Waals surface area contributed by atoms with E-state index in [0.717, 1.165) is 48.0 Å². The quantitative estimate of drug-likeness (QED) is 0.448. The molecule has 2 aromatic carbocycles. The number of rotatable bonds is 4. The molecular weight excluding hydrogens is 492 g/mol. The number of ether oxygens (including phenoxy) is 2. The van der Waals surface area contributed by atoms with Crippen molar-refractivity contribution < 1.29 is 19.1 Å². The topological polar surface area (TPSA) is 75.2 Å². The molecule has 0 radical (unpaired) electrons. The average Bonchev–Trinajstić information content (AvgIpc) is 2.93. The van der Waals surface area contributed by atoms with E-state index in [0.29, 0.717) is 37.7 Å². The Balaban J connectivity index is 1.51. The second kappa shape index (κ2) is 11.2. The summed E-state index contributed by atoms with van der Waals surface area (Å²) < 4.78 is 11.2. The number of carbonyl (C=O) groups excluding carboxylic acids is 2. The summed E-state index contributed by atoms with van der Waals surface area (Å²) in [5.41, 5.74) is 2.13. The van der Waals surface area contributed by atoms with Crippen LogP contribution in [0.5, 0.6) is 0 Å². The molecule has 2 saturated heterocycles. The molecule has 2 aliphatic heterocycles. The Bertz CT molecular complexity index is 1320. The summed E-state index contributed by atoms with van der Waals surface area (Å²) in [5.74, 6) is 0.506. The second-order valence-electron chi connectivity index (χ2n) is 11.4. The number of anilines is 2. The van der Waals surface area contributed by atoms with Crippen LogP contribution in [0.2, 0.25) is 0 Å². The highest BCUT2D eigenvalue weighted by molar-refractivity contribution is 6.11. The van der Waals surface area contributed by atoms with Gasteiger partial charge in [0, 0.05) is 49.0 Å². The Kier molecular flexibility index (Phi) is 7.75. The Labute approximate surface area is 230 Å². The summed E-state index contributed by atoms with van der Waals surface area (Å²) in [6.07, 6.45) is 2.94. The lowest BCUT2D eigenvalue weighted by molar-refractivity contribution is 0.0196. The van der Waals surface area contributed by atoms with Crippen molar-refractivity contribution in [2.24, 2.45) is 0 Å². The van der Waals surface area contributed by atoms with Gasteiger partial charge in [0.25, 0.3) is 5.91 Å². The van der Waals surface area contributed by atoms with Gasteiger partial charge in [0.1, 0.15) is 11.4 Å². The molecule has 0 spiro atoms. The number of piperidine rings is 1. The molecule has 0 saturated carbocycles. The van der Waals surface area contributed by atoms with Crippen LogP contribution in [0.1, 0.15) is 49.5 Å². The monoisotopic (exact) mass is 530 g/mol. The molecule has 1 aromatic heterocycles. The molecule has 0 aliphatic carbocycles. The van der Waals surface area contributed by atoms with Gasteiger partial charge in [0.05, 0.1) is 19.3 Å². The van der Waals surface area contributed by atoms with Crippen LogP contribution in [0.3, 0.4) is 0 Å². The standard InChI is InChI=1S/C31H38N4O4/c1-22-7-5-8-23-14-15-32-28(27(22)23)35(26-9-6-16-34(21-26)30(37)39-31(2,3)4)29(36)24-10-12-25(13-11-24)33-17-19-38-20-18-33/h5,7-8,10-15,26H,6,9,16-21H2,1-4H3/t26-/m1/s1. The maximum Gasteiger partial charge on any atom is 0.410 e. The first-order valence-corrected chi connectivity index (χ1v) is 13.8. The van der Waals surface area contributed by atoms with Gasteiger partial charge in [-0.15, -0.1) is 0 Å². The lowest BCUT2D eigenvalue weighted by Crippen LogP contribution is -2.53. The van der Waals surface area contributed by atoms with Crippen molar-refractivity contribution in [1.82, 2.24) is 9.88 Å². The summed E-state index contributed by atoms with van der Waals surface area (Å²) in [5, 5.41) is 1.98. The molecule has 8 nitrogen and oxygen atoms in total.